The average molecular weight is 359 g/mol. The van der Waals surface area contributed by atoms with Gasteiger partial charge < -0.3 is 10.2 Å². The Hall–Kier alpha value is -2.33. The molecule has 0 bridgehead atoms. The van der Waals surface area contributed by atoms with Gasteiger partial charge in [0.25, 0.3) is 0 Å². The minimum atomic E-state index is -0.248. The van der Waals surface area contributed by atoms with Gasteiger partial charge in [0.15, 0.2) is 0 Å². The minimum Gasteiger partial charge on any atom is -0.324 e. The summed E-state index contributed by atoms with van der Waals surface area (Å²) in [7, 11) is 0. The molecule has 5 heteroatoms. The van der Waals surface area contributed by atoms with Crippen LogP contribution in [-0.2, 0) is 15.0 Å². The van der Waals surface area contributed by atoms with Crippen LogP contribution in [0.15, 0.2) is 48.5 Å². The molecule has 0 heterocycles. The fraction of sp³-hybridized carbons (Fsp3) is 0.300. The lowest BCUT2D eigenvalue weighted by Crippen LogP contribution is -2.37. The third-order valence-corrected chi connectivity index (χ3v) is 4.08. The number of para-hydroxylation sites is 1. The number of carbonyl (C=O) groups is 2. The lowest BCUT2D eigenvalue weighted by atomic mass is 9.86. The molecular formula is C20H23ClN2O2. The Balaban J connectivity index is 2.18. The highest BCUT2D eigenvalue weighted by Gasteiger charge is 2.20. The van der Waals surface area contributed by atoms with Crippen molar-refractivity contribution in [2.24, 2.45) is 0 Å². The Morgan fingerprint density at radius 1 is 1.04 bits per heavy atom. The highest BCUT2D eigenvalue weighted by atomic mass is 35.5. The number of nitrogens with zero attached hydrogens (tertiary/aromatic N) is 1. The first-order valence-corrected chi connectivity index (χ1v) is 8.49. The fourth-order valence-electron chi connectivity index (χ4n) is 2.58. The van der Waals surface area contributed by atoms with E-state index in [-0.39, 0.29) is 23.8 Å². The summed E-state index contributed by atoms with van der Waals surface area (Å²) in [5, 5.41) is 3.50. The molecule has 0 spiro atoms. The SMILES string of the molecule is CC(=O)N(CC(=O)Nc1ccccc1C(C)(C)C)c1ccc(Cl)cc1. The van der Waals surface area contributed by atoms with Crippen LogP contribution in [0.4, 0.5) is 11.4 Å². The molecule has 4 nitrogen and oxygen atoms in total. The molecule has 0 fully saturated rings. The molecule has 2 amide bonds. The van der Waals surface area contributed by atoms with Crippen LogP contribution in [0.2, 0.25) is 5.02 Å². The summed E-state index contributed by atoms with van der Waals surface area (Å²) >= 11 is 5.89. The molecule has 2 rings (SSSR count). The fourth-order valence-corrected chi connectivity index (χ4v) is 2.71. The van der Waals surface area contributed by atoms with Crippen molar-refractivity contribution < 1.29 is 9.59 Å². The van der Waals surface area contributed by atoms with Gasteiger partial charge in [-0.05, 0) is 41.3 Å². The highest BCUT2D eigenvalue weighted by molar-refractivity contribution is 6.30. The predicted octanol–water partition coefficient (Wildman–Crippen LogP) is 4.63. The Morgan fingerprint density at radius 2 is 1.64 bits per heavy atom. The first-order valence-electron chi connectivity index (χ1n) is 8.11. The van der Waals surface area contributed by atoms with Gasteiger partial charge in [-0.2, -0.15) is 0 Å². The third kappa shape index (κ3) is 5.07. The standard InChI is InChI=1S/C20H23ClN2O2/c1-14(24)23(16-11-9-15(21)10-12-16)13-19(25)22-18-8-6-5-7-17(18)20(2,3)4/h5-12H,13H2,1-4H3,(H,22,25). The van der Waals surface area contributed by atoms with Crippen molar-refractivity contribution in [3.8, 4) is 0 Å². The second-order valence-corrected chi connectivity index (χ2v) is 7.36. The number of nitrogens with one attached hydrogen (secondary N) is 1. The zero-order chi connectivity index (χ0) is 18.6. The predicted molar refractivity (Wildman–Crippen MR) is 103 cm³/mol. The molecule has 0 saturated carbocycles. The largest absolute Gasteiger partial charge is 0.324 e. The van der Waals surface area contributed by atoms with Crippen LogP contribution in [0.25, 0.3) is 0 Å². The number of hydrogen-bond donors (Lipinski definition) is 1. The smallest absolute Gasteiger partial charge is 0.244 e. The summed E-state index contributed by atoms with van der Waals surface area (Å²) in [4.78, 5) is 25.9. The van der Waals surface area contributed by atoms with Crippen molar-refractivity contribution in [2.45, 2.75) is 33.1 Å². The van der Waals surface area contributed by atoms with E-state index in [4.69, 9.17) is 11.6 Å². The van der Waals surface area contributed by atoms with E-state index in [1.54, 1.807) is 24.3 Å². The van der Waals surface area contributed by atoms with Gasteiger partial charge in [0.1, 0.15) is 6.54 Å². The lowest BCUT2D eigenvalue weighted by Gasteiger charge is -2.24. The second kappa shape index (κ2) is 7.70. The number of amides is 2. The van der Waals surface area contributed by atoms with E-state index in [0.717, 1.165) is 11.3 Å². The normalized spacial score (nSPS) is 11.1. The molecule has 1 N–H and O–H groups in total. The first kappa shape index (κ1) is 19.0. The number of anilines is 2. The van der Waals surface area contributed by atoms with Crippen molar-refractivity contribution in [3.63, 3.8) is 0 Å². The molecule has 0 radical (unpaired) electrons. The van der Waals surface area contributed by atoms with Crippen molar-refractivity contribution in [2.75, 3.05) is 16.8 Å². The van der Waals surface area contributed by atoms with Crippen LogP contribution in [-0.4, -0.2) is 18.4 Å². The summed E-state index contributed by atoms with van der Waals surface area (Å²) in [6.45, 7) is 7.65. The lowest BCUT2D eigenvalue weighted by molar-refractivity contribution is -0.120. The Kier molecular flexibility index (Phi) is 5.85. The maximum atomic E-state index is 12.5. The Bertz CT molecular complexity index is 764. The quantitative estimate of drug-likeness (QED) is 0.866. The van der Waals surface area contributed by atoms with E-state index in [9.17, 15) is 9.59 Å². The zero-order valence-electron chi connectivity index (χ0n) is 15.0. The van der Waals surface area contributed by atoms with Crippen LogP contribution in [0, 0.1) is 0 Å². The molecule has 0 aliphatic rings. The second-order valence-electron chi connectivity index (χ2n) is 6.93. The van der Waals surface area contributed by atoms with Crippen molar-refractivity contribution >= 4 is 34.8 Å². The van der Waals surface area contributed by atoms with Gasteiger partial charge in [-0.25, -0.2) is 0 Å². The van der Waals surface area contributed by atoms with Gasteiger partial charge in [-0.15, -0.1) is 0 Å². The van der Waals surface area contributed by atoms with Gasteiger partial charge >= 0.3 is 0 Å². The number of benzene rings is 2. The van der Waals surface area contributed by atoms with E-state index in [2.05, 4.69) is 26.1 Å². The van der Waals surface area contributed by atoms with Gasteiger partial charge in [-0.3, -0.25) is 9.59 Å². The molecule has 2 aromatic carbocycles. The van der Waals surface area contributed by atoms with E-state index >= 15 is 0 Å². The zero-order valence-corrected chi connectivity index (χ0v) is 15.7. The van der Waals surface area contributed by atoms with Gasteiger partial charge in [0.05, 0.1) is 0 Å². The van der Waals surface area contributed by atoms with Gasteiger partial charge in [0.2, 0.25) is 11.8 Å². The average Bonchev–Trinajstić information content (AvgIpc) is 2.53. The van der Waals surface area contributed by atoms with Crippen molar-refractivity contribution in [3.05, 3.63) is 59.1 Å². The molecule has 0 aliphatic heterocycles. The van der Waals surface area contributed by atoms with Crippen LogP contribution < -0.4 is 10.2 Å². The number of carbonyl (C=O) groups excluding carboxylic acids is 2. The van der Waals surface area contributed by atoms with Gasteiger partial charge in [0, 0.05) is 23.3 Å². The summed E-state index contributed by atoms with van der Waals surface area (Å²) in [6.07, 6.45) is 0. The molecule has 0 atom stereocenters. The molecule has 0 unspecified atom stereocenters. The highest BCUT2D eigenvalue weighted by Crippen LogP contribution is 2.29. The number of halogens is 1. The van der Waals surface area contributed by atoms with E-state index in [1.807, 2.05) is 24.3 Å². The summed E-state index contributed by atoms with van der Waals surface area (Å²) in [5.74, 6) is -0.455. The van der Waals surface area contributed by atoms with E-state index in [1.165, 1.54) is 11.8 Å². The van der Waals surface area contributed by atoms with Crippen LogP contribution in [0.1, 0.15) is 33.3 Å². The minimum absolute atomic E-state index is 0.0601. The Morgan fingerprint density at radius 3 is 2.20 bits per heavy atom. The molecular weight excluding hydrogens is 336 g/mol. The van der Waals surface area contributed by atoms with Crippen molar-refractivity contribution in [1.82, 2.24) is 0 Å². The Labute approximate surface area is 153 Å². The molecule has 0 saturated heterocycles. The van der Waals surface area contributed by atoms with Crippen LogP contribution in [0.3, 0.4) is 0 Å². The topological polar surface area (TPSA) is 49.4 Å². The first-order chi connectivity index (χ1) is 11.7. The molecule has 0 aromatic heterocycles. The molecule has 2 aromatic rings. The maximum absolute atomic E-state index is 12.5. The molecule has 25 heavy (non-hydrogen) atoms. The van der Waals surface area contributed by atoms with Gasteiger partial charge in [-0.1, -0.05) is 50.6 Å². The third-order valence-electron chi connectivity index (χ3n) is 3.83. The van der Waals surface area contributed by atoms with E-state index < -0.39 is 0 Å². The summed E-state index contributed by atoms with van der Waals surface area (Å²) in [5.41, 5.74) is 2.35. The van der Waals surface area contributed by atoms with Crippen LogP contribution >= 0.6 is 11.6 Å². The number of rotatable bonds is 4. The summed E-state index contributed by atoms with van der Waals surface area (Å²) in [6, 6.07) is 14.5. The van der Waals surface area contributed by atoms with Crippen LogP contribution in [0.5, 0.6) is 0 Å². The molecule has 132 valence electrons. The molecule has 0 aliphatic carbocycles. The monoisotopic (exact) mass is 358 g/mol. The number of hydrogen-bond acceptors (Lipinski definition) is 2. The maximum Gasteiger partial charge on any atom is 0.244 e. The summed E-state index contributed by atoms with van der Waals surface area (Å²) < 4.78 is 0. The van der Waals surface area contributed by atoms with E-state index in [0.29, 0.717) is 10.7 Å². The van der Waals surface area contributed by atoms with Crippen molar-refractivity contribution in [1.29, 1.82) is 0 Å².